The molecule has 0 aromatic carbocycles. The predicted octanol–water partition coefficient (Wildman–Crippen LogP) is 1.12. The number of hydrogen-bond donors (Lipinski definition) is 1. The Morgan fingerprint density at radius 1 is 1.59 bits per heavy atom. The molecule has 92 valence electrons. The van der Waals surface area contributed by atoms with E-state index in [9.17, 15) is 4.79 Å². The summed E-state index contributed by atoms with van der Waals surface area (Å²) in [6.45, 7) is 3.96. The first-order valence-electron chi connectivity index (χ1n) is 5.15. The fraction of sp³-hybridized carbons (Fsp3) is 0.500. The largest absolute Gasteiger partial charge is 0.325 e. The Morgan fingerprint density at radius 3 is 3.06 bits per heavy atom. The number of nitrogens with zero attached hydrogens (tertiary/aromatic N) is 3. The molecular formula is C10H14N4OS2. The summed E-state index contributed by atoms with van der Waals surface area (Å²) in [4.78, 5) is 16.7. The Morgan fingerprint density at radius 2 is 2.35 bits per heavy atom. The Bertz CT molecular complexity index is 569. The summed E-state index contributed by atoms with van der Waals surface area (Å²) in [6.07, 6.45) is 0. The van der Waals surface area contributed by atoms with Crippen molar-refractivity contribution in [3.63, 3.8) is 0 Å². The van der Waals surface area contributed by atoms with Crippen molar-refractivity contribution in [2.45, 2.75) is 25.1 Å². The first-order chi connectivity index (χ1) is 7.96. The summed E-state index contributed by atoms with van der Waals surface area (Å²) >= 11 is 3.04. The maximum atomic E-state index is 11.7. The molecule has 0 fully saturated rings. The summed E-state index contributed by atoms with van der Waals surface area (Å²) in [7, 11) is 0. The monoisotopic (exact) mass is 270 g/mol. The minimum atomic E-state index is -0.200. The van der Waals surface area contributed by atoms with Crippen molar-refractivity contribution in [1.29, 1.82) is 0 Å². The molecule has 0 atom stereocenters. The number of thioether (sulfide) groups is 1. The zero-order chi connectivity index (χ0) is 12.5. The van der Waals surface area contributed by atoms with Gasteiger partial charge in [0.1, 0.15) is 5.51 Å². The van der Waals surface area contributed by atoms with Crippen molar-refractivity contribution in [2.24, 2.45) is 5.73 Å². The molecule has 2 heterocycles. The number of fused-ring (bicyclic) bond motifs is 1. The minimum absolute atomic E-state index is 0.126. The van der Waals surface area contributed by atoms with Gasteiger partial charge in [0.25, 0.3) is 5.56 Å². The lowest BCUT2D eigenvalue weighted by molar-refractivity contribution is 0.591. The highest BCUT2D eigenvalue weighted by Gasteiger charge is 2.11. The number of aromatic nitrogens is 3. The van der Waals surface area contributed by atoms with Crippen LogP contribution in [0.5, 0.6) is 0 Å². The van der Waals surface area contributed by atoms with Gasteiger partial charge in [-0.2, -0.15) is 21.4 Å². The van der Waals surface area contributed by atoms with Crippen LogP contribution in [-0.4, -0.2) is 25.9 Å². The van der Waals surface area contributed by atoms with Crippen molar-refractivity contribution in [3.8, 4) is 0 Å². The molecule has 0 aliphatic carbocycles. The number of rotatable bonds is 4. The fourth-order valence-electron chi connectivity index (χ4n) is 1.29. The SMILES string of the molecule is CC(C)(N)CSCc1cc(=O)n2ncsc2n1. The van der Waals surface area contributed by atoms with E-state index in [1.165, 1.54) is 21.9 Å². The lowest BCUT2D eigenvalue weighted by atomic mass is 10.1. The molecule has 0 saturated heterocycles. The summed E-state index contributed by atoms with van der Waals surface area (Å²) in [5.41, 5.74) is 7.96. The van der Waals surface area contributed by atoms with Crippen molar-refractivity contribution in [3.05, 3.63) is 27.6 Å². The normalized spacial score (nSPS) is 12.2. The smallest absolute Gasteiger partial charge is 0.275 e. The highest BCUT2D eigenvalue weighted by Crippen LogP contribution is 2.15. The minimum Gasteiger partial charge on any atom is -0.325 e. The van der Waals surface area contributed by atoms with Gasteiger partial charge in [0.2, 0.25) is 4.96 Å². The van der Waals surface area contributed by atoms with Crippen LogP contribution in [0.4, 0.5) is 0 Å². The third-order valence-corrected chi connectivity index (χ3v) is 4.09. The van der Waals surface area contributed by atoms with E-state index in [0.717, 1.165) is 11.4 Å². The van der Waals surface area contributed by atoms with Crippen LogP contribution in [0.25, 0.3) is 4.96 Å². The van der Waals surface area contributed by atoms with E-state index in [4.69, 9.17) is 5.73 Å². The summed E-state index contributed by atoms with van der Waals surface area (Å²) in [6, 6.07) is 1.53. The summed E-state index contributed by atoms with van der Waals surface area (Å²) in [5.74, 6) is 1.53. The van der Waals surface area contributed by atoms with Crippen LogP contribution in [0.15, 0.2) is 16.4 Å². The Labute approximate surface area is 107 Å². The van der Waals surface area contributed by atoms with Gasteiger partial charge in [0.05, 0.1) is 5.69 Å². The van der Waals surface area contributed by atoms with Gasteiger partial charge in [0, 0.05) is 23.1 Å². The molecule has 0 saturated carbocycles. The first-order valence-corrected chi connectivity index (χ1v) is 7.18. The lowest BCUT2D eigenvalue weighted by Gasteiger charge is -2.17. The molecule has 0 unspecified atom stereocenters. The molecule has 7 heteroatoms. The van der Waals surface area contributed by atoms with E-state index in [2.05, 4.69) is 10.1 Å². The van der Waals surface area contributed by atoms with Gasteiger partial charge in [-0.3, -0.25) is 4.79 Å². The Hall–Kier alpha value is -0.920. The van der Waals surface area contributed by atoms with Gasteiger partial charge < -0.3 is 5.73 Å². The molecule has 2 aromatic heterocycles. The van der Waals surface area contributed by atoms with E-state index >= 15 is 0 Å². The van der Waals surface area contributed by atoms with Crippen molar-refractivity contribution < 1.29 is 0 Å². The molecule has 0 bridgehead atoms. The second-order valence-electron chi connectivity index (χ2n) is 4.50. The fourth-order valence-corrected chi connectivity index (χ4v) is 2.92. The molecule has 17 heavy (non-hydrogen) atoms. The van der Waals surface area contributed by atoms with E-state index < -0.39 is 0 Å². The molecule has 2 N–H and O–H groups in total. The van der Waals surface area contributed by atoms with Gasteiger partial charge in [-0.15, -0.1) is 0 Å². The van der Waals surface area contributed by atoms with Crippen LogP contribution >= 0.6 is 23.1 Å². The third-order valence-electron chi connectivity index (χ3n) is 1.96. The Balaban J connectivity index is 2.11. The second kappa shape index (κ2) is 4.75. The topological polar surface area (TPSA) is 73.3 Å². The average Bonchev–Trinajstić information content (AvgIpc) is 2.64. The van der Waals surface area contributed by atoms with Gasteiger partial charge >= 0.3 is 0 Å². The molecule has 5 nitrogen and oxygen atoms in total. The van der Waals surface area contributed by atoms with Gasteiger partial charge in [-0.05, 0) is 13.8 Å². The molecule has 2 aromatic rings. The highest BCUT2D eigenvalue weighted by atomic mass is 32.2. The maximum absolute atomic E-state index is 11.7. The second-order valence-corrected chi connectivity index (χ2v) is 6.30. The zero-order valence-corrected chi connectivity index (χ0v) is 11.3. The van der Waals surface area contributed by atoms with Crippen molar-refractivity contribution in [2.75, 3.05) is 5.75 Å². The van der Waals surface area contributed by atoms with Crippen molar-refractivity contribution >= 4 is 28.1 Å². The van der Waals surface area contributed by atoms with E-state index in [0.29, 0.717) is 10.7 Å². The first kappa shape index (κ1) is 12.5. The van der Waals surface area contributed by atoms with Gasteiger partial charge in [0.15, 0.2) is 0 Å². The quantitative estimate of drug-likeness (QED) is 0.901. The number of hydrogen-bond acceptors (Lipinski definition) is 6. The van der Waals surface area contributed by atoms with Crippen molar-refractivity contribution in [1.82, 2.24) is 14.6 Å². The summed E-state index contributed by atoms with van der Waals surface area (Å²) in [5, 5.41) is 3.91. The Kier molecular flexibility index (Phi) is 3.50. The van der Waals surface area contributed by atoms with Crippen LogP contribution in [0.3, 0.4) is 0 Å². The van der Waals surface area contributed by atoms with Crippen LogP contribution in [-0.2, 0) is 5.75 Å². The zero-order valence-electron chi connectivity index (χ0n) is 9.71. The predicted molar refractivity (Wildman–Crippen MR) is 71.6 cm³/mol. The highest BCUT2D eigenvalue weighted by molar-refractivity contribution is 7.98. The molecule has 0 radical (unpaired) electrons. The third kappa shape index (κ3) is 3.27. The standard InChI is InChI=1S/C10H14N4OS2/c1-10(2,11)5-16-4-7-3-8(15)14-9(13-7)17-6-12-14/h3,6H,4-5,11H2,1-2H3. The molecule has 0 spiro atoms. The molecule has 0 amide bonds. The van der Waals surface area contributed by atoms with E-state index in [1.54, 1.807) is 17.3 Å². The molecular weight excluding hydrogens is 256 g/mol. The van der Waals surface area contributed by atoms with Crippen LogP contribution in [0.1, 0.15) is 19.5 Å². The van der Waals surface area contributed by atoms with Crippen LogP contribution < -0.4 is 11.3 Å². The van der Waals surface area contributed by atoms with Crippen LogP contribution in [0, 0.1) is 0 Å². The average molecular weight is 270 g/mol. The van der Waals surface area contributed by atoms with E-state index in [1.807, 2.05) is 13.8 Å². The lowest BCUT2D eigenvalue weighted by Crippen LogP contribution is -2.34. The van der Waals surface area contributed by atoms with Crippen LogP contribution in [0.2, 0.25) is 0 Å². The molecule has 0 aliphatic rings. The molecule has 2 rings (SSSR count). The molecule has 0 aliphatic heterocycles. The van der Waals surface area contributed by atoms with E-state index in [-0.39, 0.29) is 11.1 Å². The summed E-state index contributed by atoms with van der Waals surface area (Å²) < 4.78 is 1.31. The number of nitrogens with two attached hydrogens (primary N) is 1. The van der Waals surface area contributed by atoms with Gasteiger partial charge in [-0.1, -0.05) is 11.3 Å². The maximum Gasteiger partial charge on any atom is 0.275 e. The van der Waals surface area contributed by atoms with Gasteiger partial charge in [-0.25, -0.2) is 4.98 Å².